The van der Waals surface area contributed by atoms with Crippen LogP contribution in [0, 0.1) is 0 Å². The Kier molecular flexibility index (Phi) is 4.86. The zero-order valence-corrected chi connectivity index (χ0v) is 12.3. The van der Waals surface area contributed by atoms with E-state index in [1.807, 2.05) is 0 Å². The molecule has 0 saturated carbocycles. The highest BCUT2D eigenvalue weighted by molar-refractivity contribution is 6.84. The molecule has 0 fully saturated rings. The maximum absolute atomic E-state index is 6.32. The third-order valence-electron chi connectivity index (χ3n) is 2.10. The van der Waals surface area contributed by atoms with Crippen LogP contribution in [-0.2, 0) is 4.12 Å². The van der Waals surface area contributed by atoms with E-state index < -0.39 is 16.6 Å². The van der Waals surface area contributed by atoms with Crippen molar-refractivity contribution in [2.24, 2.45) is 0 Å². The van der Waals surface area contributed by atoms with Crippen LogP contribution in [0.3, 0.4) is 0 Å². The van der Waals surface area contributed by atoms with Gasteiger partial charge in [0.15, 0.2) is 16.6 Å². The van der Waals surface area contributed by atoms with Crippen LogP contribution in [0.15, 0.2) is 0 Å². The molecule has 0 aromatic heterocycles. The molecule has 0 aliphatic heterocycles. The van der Waals surface area contributed by atoms with Gasteiger partial charge in [0.05, 0.1) is 0 Å². The predicted molar refractivity (Wildman–Crippen MR) is 65.1 cm³/mol. The number of rotatable bonds is 5. The van der Waals surface area contributed by atoms with Crippen LogP contribution in [0.4, 0.5) is 0 Å². The highest BCUT2D eigenvalue weighted by Gasteiger charge is 2.31. The van der Waals surface area contributed by atoms with Gasteiger partial charge in [-0.25, -0.2) is 0 Å². The van der Waals surface area contributed by atoms with E-state index in [0.717, 1.165) is 6.17 Å². The van der Waals surface area contributed by atoms with Crippen LogP contribution >= 0.6 is 0 Å². The van der Waals surface area contributed by atoms with E-state index in [-0.39, 0.29) is 0 Å². The van der Waals surface area contributed by atoms with Crippen LogP contribution in [-0.4, -0.2) is 41.8 Å². The van der Waals surface area contributed by atoms with E-state index >= 15 is 0 Å². The van der Waals surface area contributed by atoms with Crippen molar-refractivity contribution < 1.29 is 4.12 Å². The van der Waals surface area contributed by atoms with Gasteiger partial charge in [-0.3, -0.25) is 0 Å². The Hall–Kier alpha value is 0.354. The average Bonchev–Trinajstić information content (AvgIpc) is 1.81. The fourth-order valence-electron chi connectivity index (χ4n) is 1.61. The zero-order chi connectivity index (χ0) is 10.7. The lowest BCUT2D eigenvalue weighted by Gasteiger charge is -2.34. The molecule has 4 heteroatoms. The normalized spacial score (nSPS) is 13.8. The maximum Gasteiger partial charge on any atom is 0.187 e. The molecular weight excluding hydrogens is 194 g/mol. The Bertz CT molecular complexity index is 158. The Morgan fingerprint density at radius 3 is 1.77 bits per heavy atom. The summed E-state index contributed by atoms with van der Waals surface area (Å²) in [5.74, 6) is 0. The summed E-state index contributed by atoms with van der Waals surface area (Å²) >= 11 is 0. The molecule has 0 aliphatic carbocycles. The Labute approximate surface area is 85.5 Å². The average molecular weight is 219 g/mol. The summed E-state index contributed by atoms with van der Waals surface area (Å²) < 4.78 is 6.32. The Morgan fingerprint density at radius 1 is 1.00 bits per heavy atom. The van der Waals surface area contributed by atoms with Gasteiger partial charge in [-0.1, -0.05) is 6.92 Å². The summed E-state index contributed by atoms with van der Waals surface area (Å²) in [5.41, 5.74) is 0. The molecule has 0 rings (SSSR count). The van der Waals surface area contributed by atoms with E-state index in [0.29, 0.717) is 0 Å². The zero-order valence-electron chi connectivity index (χ0n) is 10.3. The number of hydrogen-bond acceptors (Lipinski definition) is 2. The van der Waals surface area contributed by atoms with E-state index in [2.05, 4.69) is 52.1 Å². The summed E-state index contributed by atoms with van der Waals surface area (Å²) in [6, 6.07) is 1.22. The van der Waals surface area contributed by atoms with Crippen molar-refractivity contribution in [3.05, 3.63) is 0 Å². The quantitative estimate of drug-likeness (QED) is 0.659. The fourth-order valence-corrected chi connectivity index (χ4v) is 9.96. The monoisotopic (exact) mass is 219 g/mol. The molecule has 0 aromatic rings. The lowest BCUT2D eigenvalue weighted by Crippen LogP contribution is -2.50. The van der Waals surface area contributed by atoms with Gasteiger partial charge in [0, 0.05) is 6.17 Å². The summed E-state index contributed by atoms with van der Waals surface area (Å²) in [4.78, 5) is 2.24. The van der Waals surface area contributed by atoms with Crippen molar-refractivity contribution >= 4 is 16.6 Å². The molecule has 0 amide bonds. The SMILES string of the molecule is CC[Si](C)(C)O[Si](C)(C)CN(C)C. The molecule has 0 saturated heterocycles. The molecule has 0 heterocycles. The first-order valence-corrected chi connectivity index (χ1v) is 11.3. The molecule has 0 aliphatic rings. The molecule has 13 heavy (non-hydrogen) atoms. The summed E-state index contributed by atoms with van der Waals surface area (Å²) in [7, 11) is 1.47. The summed E-state index contributed by atoms with van der Waals surface area (Å²) in [6.45, 7) is 11.5. The topological polar surface area (TPSA) is 12.5 Å². The standard InChI is InChI=1S/C9H25NOSi2/c1-8-12(4,5)11-13(6,7)9-10(2)3/h8-9H2,1-7H3. The fraction of sp³-hybridized carbons (Fsp3) is 1.00. The summed E-state index contributed by atoms with van der Waals surface area (Å²) in [6.07, 6.45) is 1.13. The molecule has 2 nitrogen and oxygen atoms in total. The first-order valence-electron chi connectivity index (χ1n) is 5.03. The third kappa shape index (κ3) is 6.43. The van der Waals surface area contributed by atoms with E-state index in [9.17, 15) is 0 Å². The second kappa shape index (κ2) is 4.73. The molecular formula is C9H25NOSi2. The van der Waals surface area contributed by atoms with Crippen molar-refractivity contribution in [3.8, 4) is 0 Å². The van der Waals surface area contributed by atoms with Crippen molar-refractivity contribution in [2.45, 2.75) is 39.2 Å². The van der Waals surface area contributed by atoms with Gasteiger partial charge in [-0.15, -0.1) is 0 Å². The summed E-state index contributed by atoms with van der Waals surface area (Å²) in [5, 5.41) is 0. The van der Waals surface area contributed by atoms with Crippen LogP contribution < -0.4 is 0 Å². The largest absolute Gasteiger partial charge is 0.455 e. The molecule has 0 unspecified atom stereocenters. The first-order chi connectivity index (χ1) is 5.68. The predicted octanol–water partition coefficient (Wildman–Crippen LogP) is 2.53. The Balaban J connectivity index is 4.16. The number of nitrogens with zero attached hydrogens (tertiary/aromatic N) is 1. The Morgan fingerprint density at radius 2 is 1.46 bits per heavy atom. The highest BCUT2D eigenvalue weighted by atomic mass is 28.4. The van der Waals surface area contributed by atoms with Gasteiger partial charge in [-0.05, 0) is 46.3 Å². The minimum atomic E-state index is -1.44. The molecule has 0 aromatic carbocycles. The maximum atomic E-state index is 6.32. The van der Waals surface area contributed by atoms with Crippen molar-refractivity contribution in [1.29, 1.82) is 0 Å². The van der Waals surface area contributed by atoms with Gasteiger partial charge in [-0.2, -0.15) is 0 Å². The van der Waals surface area contributed by atoms with E-state index in [1.54, 1.807) is 0 Å². The van der Waals surface area contributed by atoms with Crippen LogP contribution in [0.25, 0.3) is 0 Å². The van der Waals surface area contributed by atoms with Gasteiger partial charge >= 0.3 is 0 Å². The second-order valence-electron chi connectivity index (χ2n) is 5.21. The lowest BCUT2D eigenvalue weighted by molar-refractivity contribution is 0.428. The molecule has 80 valence electrons. The minimum absolute atomic E-state index is 1.13. The van der Waals surface area contributed by atoms with Crippen LogP contribution in [0.2, 0.25) is 32.2 Å². The van der Waals surface area contributed by atoms with Gasteiger partial charge in [0.1, 0.15) is 0 Å². The molecule has 0 spiro atoms. The van der Waals surface area contributed by atoms with Crippen LogP contribution in [0.5, 0.6) is 0 Å². The van der Waals surface area contributed by atoms with Crippen LogP contribution in [0.1, 0.15) is 6.92 Å². The second-order valence-corrected chi connectivity index (χ2v) is 14.1. The molecule has 0 atom stereocenters. The van der Waals surface area contributed by atoms with E-state index in [4.69, 9.17) is 4.12 Å². The minimum Gasteiger partial charge on any atom is -0.455 e. The lowest BCUT2D eigenvalue weighted by atomic mass is 11.0. The molecule has 0 radical (unpaired) electrons. The van der Waals surface area contributed by atoms with Crippen molar-refractivity contribution in [3.63, 3.8) is 0 Å². The van der Waals surface area contributed by atoms with Gasteiger partial charge in [0.25, 0.3) is 0 Å². The highest BCUT2D eigenvalue weighted by Crippen LogP contribution is 2.17. The third-order valence-corrected chi connectivity index (χ3v) is 9.62. The number of hydrogen-bond donors (Lipinski definition) is 0. The molecule has 0 N–H and O–H groups in total. The van der Waals surface area contributed by atoms with Crippen molar-refractivity contribution in [1.82, 2.24) is 4.90 Å². The smallest absolute Gasteiger partial charge is 0.187 e. The van der Waals surface area contributed by atoms with Gasteiger partial charge < -0.3 is 9.02 Å². The van der Waals surface area contributed by atoms with Gasteiger partial charge in [0.2, 0.25) is 0 Å². The first kappa shape index (κ1) is 13.4. The van der Waals surface area contributed by atoms with E-state index in [1.165, 1.54) is 6.04 Å². The van der Waals surface area contributed by atoms with Crippen molar-refractivity contribution in [2.75, 3.05) is 20.3 Å². The molecule has 0 bridgehead atoms.